The Hall–Kier alpha value is -3.06. The van der Waals surface area contributed by atoms with E-state index in [2.05, 4.69) is 16.3 Å². The maximum Gasteiger partial charge on any atom is 0.224 e. The molecule has 0 radical (unpaired) electrons. The number of aromatic nitrogens is 1. The molecular formula is C28H36N4O3. The number of likely N-dealkylation sites (tertiary alicyclic amines) is 2. The number of hydrogen-bond acceptors (Lipinski definition) is 6. The first kappa shape index (κ1) is 23.7. The van der Waals surface area contributed by atoms with Crippen molar-refractivity contribution in [3.63, 3.8) is 0 Å². The van der Waals surface area contributed by atoms with Crippen molar-refractivity contribution in [1.82, 2.24) is 14.8 Å². The van der Waals surface area contributed by atoms with Gasteiger partial charge in [0.1, 0.15) is 0 Å². The van der Waals surface area contributed by atoms with E-state index in [9.17, 15) is 4.79 Å². The van der Waals surface area contributed by atoms with Gasteiger partial charge in [-0.2, -0.15) is 0 Å². The third kappa shape index (κ3) is 5.15. The molecule has 2 aliphatic rings. The number of carbonyl (C=O) groups excluding carboxylic acids is 1. The smallest absolute Gasteiger partial charge is 0.224 e. The van der Waals surface area contributed by atoms with Crippen LogP contribution in [0, 0.1) is 0 Å². The second-order valence-electron chi connectivity index (χ2n) is 9.58. The number of benzene rings is 2. The van der Waals surface area contributed by atoms with Crippen molar-refractivity contribution in [2.45, 2.75) is 45.1 Å². The number of hydrogen-bond donors (Lipinski definition) is 1. The molecule has 7 nitrogen and oxygen atoms in total. The quantitative estimate of drug-likeness (QED) is 0.357. The number of carbonyl (C=O) groups is 1. The fourth-order valence-electron chi connectivity index (χ4n) is 5.34. The van der Waals surface area contributed by atoms with Gasteiger partial charge in [0.25, 0.3) is 0 Å². The van der Waals surface area contributed by atoms with Crippen molar-refractivity contribution in [2.75, 3.05) is 51.8 Å². The van der Waals surface area contributed by atoms with Crippen LogP contribution < -0.4 is 14.8 Å². The first-order valence-corrected chi connectivity index (χ1v) is 13.0. The van der Waals surface area contributed by atoms with E-state index in [0.717, 1.165) is 65.7 Å². The number of ether oxygens (including phenoxy) is 2. The Balaban J connectivity index is 1.43. The molecule has 5 rings (SSSR count). The third-order valence-corrected chi connectivity index (χ3v) is 7.29. The van der Waals surface area contributed by atoms with E-state index in [4.69, 9.17) is 14.5 Å². The Labute approximate surface area is 207 Å². The van der Waals surface area contributed by atoms with E-state index in [1.54, 1.807) is 7.11 Å². The largest absolute Gasteiger partial charge is 0.493 e. The van der Waals surface area contributed by atoms with Gasteiger partial charge in [-0.15, -0.1) is 0 Å². The summed E-state index contributed by atoms with van der Waals surface area (Å²) in [6, 6.07) is 12.3. The Kier molecular flexibility index (Phi) is 7.23. The van der Waals surface area contributed by atoms with Crippen LogP contribution in [0.4, 0.5) is 5.69 Å². The molecule has 2 aliphatic heterocycles. The first-order chi connectivity index (χ1) is 17.2. The van der Waals surface area contributed by atoms with Crippen molar-refractivity contribution in [1.29, 1.82) is 0 Å². The highest BCUT2D eigenvalue weighted by Gasteiger charge is 2.26. The number of fused-ring (bicyclic) bond motifs is 2. The highest BCUT2D eigenvalue weighted by atomic mass is 16.5. The molecule has 1 aromatic heterocycles. The zero-order chi connectivity index (χ0) is 24.2. The summed E-state index contributed by atoms with van der Waals surface area (Å²) in [7, 11) is 1.68. The van der Waals surface area contributed by atoms with Crippen LogP contribution >= 0.6 is 0 Å². The molecule has 1 atom stereocenters. The lowest BCUT2D eigenvalue weighted by Gasteiger charge is -2.32. The molecule has 1 amide bonds. The summed E-state index contributed by atoms with van der Waals surface area (Å²) < 4.78 is 11.9. The van der Waals surface area contributed by atoms with Gasteiger partial charge in [0.2, 0.25) is 5.91 Å². The van der Waals surface area contributed by atoms with Gasteiger partial charge in [-0.3, -0.25) is 4.79 Å². The van der Waals surface area contributed by atoms with Crippen LogP contribution in [0.25, 0.3) is 21.8 Å². The minimum Gasteiger partial charge on any atom is -0.493 e. The zero-order valence-corrected chi connectivity index (χ0v) is 20.9. The van der Waals surface area contributed by atoms with Crippen molar-refractivity contribution in [2.24, 2.45) is 0 Å². The molecule has 3 heterocycles. The van der Waals surface area contributed by atoms with Crippen molar-refractivity contribution in [3.05, 3.63) is 36.4 Å². The molecule has 7 heteroatoms. The second-order valence-corrected chi connectivity index (χ2v) is 9.58. The molecule has 0 aliphatic carbocycles. The summed E-state index contributed by atoms with van der Waals surface area (Å²) in [5.41, 5.74) is 2.79. The van der Waals surface area contributed by atoms with Crippen LogP contribution in [-0.2, 0) is 4.79 Å². The van der Waals surface area contributed by atoms with E-state index in [-0.39, 0.29) is 11.9 Å². The van der Waals surface area contributed by atoms with Crippen LogP contribution in [0.2, 0.25) is 0 Å². The van der Waals surface area contributed by atoms with Crippen molar-refractivity contribution < 1.29 is 14.3 Å². The predicted octanol–water partition coefficient (Wildman–Crippen LogP) is 4.68. The maximum absolute atomic E-state index is 12.5. The second kappa shape index (κ2) is 10.7. The molecule has 0 bridgehead atoms. The lowest BCUT2D eigenvalue weighted by atomic mass is 10.0. The number of nitrogens with one attached hydrogen (secondary N) is 1. The molecule has 1 N–H and O–H groups in total. The Morgan fingerprint density at radius 2 is 1.89 bits per heavy atom. The molecule has 186 valence electrons. The Bertz CT molecular complexity index is 1190. The third-order valence-electron chi connectivity index (χ3n) is 7.29. The summed E-state index contributed by atoms with van der Waals surface area (Å²) >= 11 is 0. The molecule has 35 heavy (non-hydrogen) atoms. The average Bonchev–Trinajstić information content (AvgIpc) is 3.40. The number of para-hydroxylation sites is 1. The van der Waals surface area contributed by atoms with Gasteiger partial charge in [-0.05, 0) is 57.8 Å². The van der Waals surface area contributed by atoms with E-state index in [0.29, 0.717) is 18.8 Å². The zero-order valence-electron chi connectivity index (χ0n) is 20.9. The van der Waals surface area contributed by atoms with Gasteiger partial charge >= 0.3 is 0 Å². The number of pyridine rings is 1. The van der Waals surface area contributed by atoms with E-state index >= 15 is 0 Å². The monoisotopic (exact) mass is 476 g/mol. The molecule has 3 aromatic rings. The maximum atomic E-state index is 12.5. The minimum absolute atomic E-state index is 0.0896. The van der Waals surface area contributed by atoms with E-state index < -0.39 is 0 Å². The van der Waals surface area contributed by atoms with Crippen LogP contribution in [-0.4, -0.2) is 73.2 Å². The molecule has 0 saturated carbocycles. The van der Waals surface area contributed by atoms with Crippen LogP contribution in [0.5, 0.6) is 11.5 Å². The Morgan fingerprint density at radius 3 is 2.66 bits per heavy atom. The number of rotatable bonds is 9. The Morgan fingerprint density at radius 1 is 1.06 bits per heavy atom. The molecule has 2 aromatic carbocycles. The van der Waals surface area contributed by atoms with Crippen molar-refractivity contribution >= 4 is 33.4 Å². The summed E-state index contributed by atoms with van der Waals surface area (Å²) in [4.78, 5) is 21.9. The van der Waals surface area contributed by atoms with Gasteiger partial charge < -0.3 is 24.6 Å². The average molecular weight is 477 g/mol. The number of nitrogens with zero attached hydrogens (tertiary/aromatic N) is 3. The fraction of sp³-hybridized carbons (Fsp3) is 0.500. The van der Waals surface area contributed by atoms with Crippen LogP contribution in [0.3, 0.4) is 0 Å². The summed E-state index contributed by atoms with van der Waals surface area (Å²) in [5.74, 6) is 1.64. The number of piperidine rings is 1. The highest BCUT2D eigenvalue weighted by molar-refractivity contribution is 6.08. The molecular weight excluding hydrogens is 440 g/mol. The standard InChI is InChI=1S/C28H36N4O3/c1-3-32-15-11-20(17-27(32)33)29-28-21-9-4-5-10-23(21)30-24-19-26(25(34-2)18-22(24)28)35-16-8-14-31-12-6-7-13-31/h4-5,9-10,18-20H,3,6-8,11-17H2,1-2H3,(H,29,30). The summed E-state index contributed by atoms with van der Waals surface area (Å²) in [5, 5.41) is 5.74. The van der Waals surface area contributed by atoms with Gasteiger partial charge in [-0.25, -0.2) is 4.98 Å². The van der Waals surface area contributed by atoms with E-state index in [1.165, 1.54) is 25.9 Å². The SMILES string of the molecule is CCN1CCC(Nc2c3ccccc3nc3cc(OCCCN4CCCC4)c(OC)cc23)CC1=O. The highest BCUT2D eigenvalue weighted by Crippen LogP contribution is 2.39. The van der Waals surface area contributed by atoms with Crippen LogP contribution in [0.1, 0.15) is 39.0 Å². The topological polar surface area (TPSA) is 66.9 Å². The lowest BCUT2D eigenvalue weighted by molar-refractivity contribution is -0.133. The molecule has 1 unspecified atom stereocenters. The van der Waals surface area contributed by atoms with E-state index in [1.807, 2.05) is 42.2 Å². The number of anilines is 1. The predicted molar refractivity (Wildman–Crippen MR) is 140 cm³/mol. The molecule has 0 spiro atoms. The van der Waals surface area contributed by atoms with Gasteiger partial charge in [0, 0.05) is 48.9 Å². The number of amides is 1. The summed E-state index contributed by atoms with van der Waals surface area (Å²) in [6.45, 7) is 7.72. The lowest BCUT2D eigenvalue weighted by Crippen LogP contribution is -2.43. The number of methoxy groups -OCH3 is 1. The van der Waals surface area contributed by atoms with Gasteiger partial charge in [0.15, 0.2) is 11.5 Å². The van der Waals surface area contributed by atoms with Crippen molar-refractivity contribution in [3.8, 4) is 11.5 Å². The molecule has 2 saturated heterocycles. The normalized spacial score (nSPS) is 19.0. The molecule has 2 fully saturated rings. The minimum atomic E-state index is 0.0896. The van der Waals surface area contributed by atoms with Gasteiger partial charge in [-0.1, -0.05) is 18.2 Å². The summed E-state index contributed by atoms with van der Waals surface area (Å²) in [6.07, 6.45) is 5.03. The fourth-order valence-corrected chi connectivity index (χ4v) is 5.34. The van der Waals surface area contributed by atoms with Crippen LogP contribution in [0.15, 0.2) is 36.4 Å². The van der Waals surface area contributed by atoms with Gasteiger partial charge in [0.05, 0.1) is 30.4 Å². The first-order valence-electron chi connectivity index (χ1n) is 13.0.